The molecule has 0 saturated carbocycles. The summed E-state index contributed by atoms with van der Waals surface area (Å²) >= 11 is 0. The Morgan fingerprint density at radius 3 is 2.52 bits per heavy atom. The highest BCUT2D eigenvalue weighted by Gasteiger charge is 2.22. The van der Waals surface area contributed by atoms with E-state index in [1.165, 1.54) is 6.07 Å². The molecule has 0 unspecified atom stereocenters. The van der Waals surface area contributed by atoms with E-state index < -0.39 is 6.03 Å². The van der Waals surface area contributed by atoms with Crippen LogP contribution in [0.25, 0.3) is 11.1 Å². The third-order valence-electron chi connectivity index (χ3n) is 6.86. The molecular weight excluding hydrogens is 530 g/mol. The van der Waals surface area contributed by atoms with E-state index in [4.69, 9.17) is 4.74 Å². The molecule has 9 nitrogen and oxygen atoms in total. The van der Waals surface area contributed by atoms with Gasteiger partial charge in [0.1, 0.15) is 17.2 Å². The summed E-state index contributed by atoms with van der Waals surface area (Å²) in [5, 5.41) is 23.3. The highest BCUT2D eigenvalue weighted by molar-refractivity contribution is 6.03. The number of carbonyl (C=O) groups is 1. The summed E-state index contributed by atoms with van der Waals surface area (Å²) in [6.07, 6.45) is 5.70. The molecule has 0 saturated heterocycles. The number of aromatic hydroxyl groups is 1. The molecule has 0 aliphatic heterocycles. The molecule has 0 aliphatic rings. The maximum Gasteiger partial charge on any atom is 0.323 e. The predicted molar refractivity (Wildman–Crippen MR) is 168 cm³/mol. The summed E-state index contributed by atoms with van der Waals surface area (Å²) in [6, 6.07) is 13.9. The summed E-state index contributed by atoms with van der Waals surface area (Å²) in [7, 11) is 0. The number of H-pyrrole nitrogens is 1. The van der Waals surface area contributed by atoms with Crippen molar-refractivity contribution in [3.63, 3.8) is 0 Å². The number of nitrogens with one attached hydrogen (secondary N) is 3. The van der Waals surface area contributed by atoms with E-state index in [0.717, 1.165) is 29.7 Å². The minimum absolute atomic E-state index is 0.0233. The third kappa shape index (κ3) is 7.40. The molecule has 4 rings (SSSR count). The normalized spacial score (nSPS) is 11.5. The van der Waals surface area contributed by atoms with Crippen LogP contribution in [0.5, 0.6) is 11.5 Å². The third-order valence-corrected chi connectivity index (χ3v) is 6.86. The first-order chi connectivity index (χ1) is 20.0. The molecule has 0 atom stereocenters. The van der Waals surface area contributed by atoms with Crippen molar-refractivity contribution in [1.82, 2.24) is 14.8 Å². The zero-order chi connectivity index (χ0) is 30.4. The van der Waals surface area contributed by atoms with Crippen LogP contribution in [-0.2, 0) is 18.4 Å². The minimum atomic E-state index is -0.546. The number of pyridine rings is 1. The standard InChI is InChI=1S/C33H41N5O4/c1-7-8-16-38-17-14-25(26-20-24(39)10-12-29(26)42-21(2)3)30(31(38)40)36-32(41)35-28-19-22(18-23-13-15-34-37-23)9-11-27(28)33(4,5)6/h9-15,17,19-21,39H,7-8,16,18H2,1-6H3,(H,34,37)(H2,35,36,41). The van der Waals surface area contributed by atoms with Gasteiger partial charge in [-0.2, -0.15) is 5.10 Å². The van der Waals surface area contributed by atoms with E-state index in [2.05, 4.69) is 48.5 Å². The smallest absolute Gasteiger partial charge is 0.323 e. The van der Waals surface area contributed by atoms with Gasteiger partial charge in [-0.15, -0.1) is 0 Å². The number of urea groups is 1. The van der Waals surface area contributed by atoms with Crippen LogP contribution in [-0.4, -0.2) is 32.0 Å². The van der Waals surface area contributed by atoms with Crippen molar-refractivity contribution in [3.05, 3.63) is 88.1 Å². The van der Waals surface area contributed by atoms with E-state index in [0.29, 0.717) is 35.5 Å². The van der Waals surface area contributed by atoms with Crippen molar-refractivity contribution in [2.45, 2.75) is 78.9 Å². The number of benzene rings is 2. The fourth-order valence-electron chi connectivity index (χ4n) is 4.83. The molecule has 4 aromatic rings. The second kappa shape index (κ2) is 13.0. The van der Waals surface area contributed by atoms with Crippen molar-refractivity contribution < 1.29 is 14.6 Å². The Hall–Kier alpha value is -4.53. The Kier molecular flexibility index (Phi) is 9.40. The van der Waals surface area contributed by atoms with Gasteiger partial charge in [-0.25, -0.2) is 4.79 Å². The molecule has 0 spiro atoms. The van der Waals surface area contributed by atoms with Crippen molar-refractivity contribution in [2.75, 3.05) is 10.6 Å². The molecule has 222 valence electrons. The van der Waals surface area contributed by atoms with Gasteiger partial charge in [0.15, 0.2) is 0 Å². The zero-order valence-electron chi connectivity index (χ0n) is 25.2. The summed E-state index contributed by atoms with van der Waals surface area (Å²) in [5.74, 6) is 0.522. The van der Waals surface area contributed by atoms with Gasteiger partial charge in [0.2, 0.25) is 0 Å². The fraction of sp³-hybridized carbons (Fsp3) is 0.364. The molecule has 42 heavy (non-hydrogen) atoms. The van der Waals surface area contributed by atoms with Gasteiger partial charge in [-0.1, -0.05) is 46.2 Å². The number of unbranched alkanes of at least 4 members (excludes halogenated alkanes) is 1. The minimum Gasteiger partial charge on any atom is -0.508 e. The Balaban J connectivity index is 1.74. The number of aromatic nitrogens is 3. The van der Waals surface area contributed by atoms with E-state index in [1.807, 2.05) is 38.1 Å². The summed E-state index contributed by atoms with van der Waals surface area (Å²) < 4.78 is 7.60. The number of anilines is 2. The zero-order valence-corrected chi connectivity index (χ0v) is 25.2. The first-order valence-corrected chi connectivity index (χ1v) is 14.4. The number of aromatic amines is 1. The Morgan fingerprint density at radius 2 is 1.86 bits per heavy atom. The number of rotatable bonds is 10. The van der Waals surface area contributed by atoms with Crippen LogP contribution >= 0.6 is 0 Å². The van der Waals surface area contributed by atoms with E-state index in [-0.39, 0.29) is 28.5 Å². The van der Waals surface area contributed by atoms with Crippen molar-refractivity contribution in [2.24, 2.45) is 0 Å². The topological polar surface area (TPSA) is 121 Å². The van der Waals surface area contributed by atoms with Crippen LogP contribution < -0.4 is 20.9 Å². The molecule has 2 aromatic heterocycles. The second-order valence-electron chi connectivity index (χ2n) is 11.8. The van der Waals surface area contributed by atoms with Gasteiger partial charge in [0, 0.05) is 42.2 Å². The Labute approximate surface area is 247 Å². The predicted octanol–water partition coefficient (Wildman–Crippen LogP) is 7.06. The molecule has 0 fully saturated rings. The molecule has 2 amide bonds. The molecule has 0 aliphatic carbocycles. The Morgan fingerprint density at radius 1 is 1.07 bits per heavy atom. The van der Waals surface area contributed by atoms with Gasteiger partial charge in [0.25, 0.3) is 5.56 Å². The average Bonchev–Trinajstić information content (AvgIpc) is 3.42. The lowest BCUT2D eigenvalue weighted by Gasteiger charge is -2.24. The number of hydrogen-bond acceptors (Lipinski definition) is 5. The van der Waals surface area contributed by atoms with Crippen LogP contribution in [0.4, 0.5) is 16.2 Å². The van der Waals surface area contributed by atoms with Crippen LogP contribution in [0.3, 0.4) is 0 Å². The van der Waals surface area contributed by atoms with Gasteiger partial charge >= 0.3 is 6.03 Å². The number of phenolic OH excluding ortho intramolecular Hbond substituents is 1. The average molecular weight is 572 g/mol. The lowest BCUT2D eigenvalue weighted by molar-refractivity contribution is 0.243. The second-order valence-corrected chi connectivity index (χ2v) is 11.8. The van der Waals surface area contributed by atoms with E-state index >= 15 is 0 Å². The van der Waals surface area contributed by atoms with Crippen LogP contribution in [0.2, 0.25) is 0 Å². The van der Waals surface area contributed by atoms with Crippen LogP contribution in [0, 0.1) is 0 Å². The van der Waals surface area contributed by atoms with E-state index in [9.17, 15) is 14.7 Å². The Bertz CT molecular complexity index is 1580. The van der Waals surface area contributed by atoms with Crippen molar-refractivity contribution in [1.29, 1.82) is 0 Å². The van der Waals surface area contributed by atoms with Crippen LogP contribution in [0.1, 0.15) is 71.2 Å². The van der Waals surface area contributed by atoms with Gasteiger partial charge in [-0.05, 0) is 73.2 Å². The highest BCUT2D eigenvalue weighted by atomic mass is 16.5. The monoisotopic (exact) mass is 571 g/mol. The SMILES string of the molecule is CCCCn1ccc(-c2cc(O)ccc2OC(C)C)c(NC(=O)Nc2cc(Cc3cc[nH]n3)ccc2C(C)(C)C)c1=O. The molecule has 4 N–H and O–H groups in total. The maximum atomic E-state index is 13.7. The number of ether oxygens (including phenoxy) is 1. The van der Waals surface area contributed by atoms with Crippen LogP contribution in [0.15, 0.2) is 65.7 Å². The number of phenols is 1. The van der Waals surface area contributed by atoms with Gasteiger partial charge < -0.3 is 25.0 Å². The van der Waals surface area contributed by atoms with E-state index in [1.54, 1.807) is 35.2 Å². The molecule has 9 heteroatoms. The largest absolute Gasteiger partial charge is 0.508 e. The van der Waals surface area contributed by atoms with Gasteiger partial charge in [-0.3, -0.25) is 9.89 Å². The number of hydrogen-bond donors (Lipinski definition) is 4. The number of amides is 2. The first kappa shape index (κ1) is 30.4. The number of nitrogens with zero attached hydrogens (tertiary/aromatic N) is 2. The quantitative estimate of drug-likeness (QED) is 0.162. The molecular formula is C33H41N5O4. The summed E-state index contributed by atoms with van der Waals surface area (Å²) in [6.45, 7) is 12.6. The molecule has 2 heterocycles. The van der Waals surface area contributed by atoms with Gasteiger partial charge in [0.05, 0.1) is 11.8 Å². The highest BCUT2D eigenvalue weighted by Crippen LogP contribution is 2.37. The molecule has 2 aromatic carbocycles. The van der Waals surface area contributed by atoms with Crippen molar-refractivity contribution >= 4 is 17.4 Å². The summed E-state index contributed by atoms with van der Waals surface area (Å²) in [5.41, 5.74) is 3.98. The van der Waals surface area contributed by atoms with Crippen molar-refractivity contribution in [3.8, 4) is 22.6 Å². The lowest BCUT2D eigenvalue weighted by atomic mass is 9.85. The molecule has 0 radical (unpaired) electrons. The fourth-order valence-corrected chi connectivity index (χ4v) is 4.83. The first-order valence-electron chi connectivity index (χ1n) is 14.4. The maximum absolute atomic E-state index is 13.7. The number of carbonyl (C=O) groups excluding carboxylic acids is 1. The lowest BCUT2D eigenvalue weighted by Crippen LogP contribution is -2.29. The number of aryl methyl sites for hydroxylation is 1. The molecule has 0 bridgehead atoms. The summed E-state index contributed by atoms with van der Waals surface area (Å²) in [4.78, 5) is 27.4.